The molecule has 3 rings (SSSR count). The molecule has 0 bridgehead atoms. The van der Waals surface area contributed by atoms with Gasteiger partial charge in [-0.05, 0) is 38.3 Å². The van der Waals surface area contributed by atoms with Crippen LogP contribution in [0.15, 0.2) is 18.3 Å². The summed E-state index contributed by atoms with van der Waals surface area (Å²) in [5.74, 6) is 1.24. The second kappa shape index (κ2) is 4.30. The van der Waals surface area contributed by atoms with E-state index in [0.717, 1.165) is 6.54 Å². The smallest absolute Gasteiger partial charge is 0.132 e. The van der Waals surface area contributed by atoms with E-state index in [-0.39, 0.29) is 0 Å². The molecule has 2 aliphatic rings. The van der Waals surface area contributed by atoms with Gasteiger partial charge in [-0.1, -0.05) is 6.07 Å². The molecule has 1 atom stereocenters. The largest absolute Gasteiger partial charge is 0.351 e. The highest BCUT2D eigenvalue weighted by Gasteiger charge is 2.32. The predicted octanol–water partition coefficient (Wildman–Crippen LogP) is 1.93. The average molecular weight is 231 g/mol. The Morgan fingerprint density at radius 1 is 1.35 bits per heavy atom. The molecule has 0 saturated carbocycles. The third kappa shape index (κ3) is 1.93. The Labute approximate surface area is 103 Å². The highest BCUT2D eigenvalue weighted by Crippen LogP contribution is 2.30. The van der Waals surface area contributed by atoms with Crippen molar-refractivity contribution in [1.29, 1.82) is 0 Å². The Kier molecular flexibility index (Phi) is 2.79. The first kappa shape index (κ1) is 11.0. The van der Waals surface area contributed by atoms with Crippen LogP contribution in [0.4, 0.5) is 5.82 Å². The van der Waals surface area contributed by atoms with Crippen molar-refractivity contribution in [3.05, 3.63) is 23.9 Å². The van der Waals surface area contributed by atoms with Gasteiger partial charge in [-0.2, -0.15) is 0 Å². The summed E-state index contributed by atoms with van der Waals surface area (Å²) in [5.41, 5.74) is 1.43. The summed E-state index contributed by atoms with van der Waals surface area (Å²) >= 11 is 0. The van der Waals surface area contributed by atoms with Gasteiger partial charge in [-0.3, -0.25) is 4.90 Å². The Morgan fingerprint density at radius 2 is 2.24 bits per heavy atom. The Balaban J connectivity index is 1.83. The van der Waals surface area contributed by atoms with Gasteiger partial charge in [0.15, 0.2) is 0 Å². The molecular weight excluding hydrogens is 210 g/mol. The van der Waals surface area contributed by atoms with Crippen LogP contribution in [0.3, 0.4) is 0 Å². The number of pyridine rings is 1. The van der Waals surface area contributed by atoms with Gasteiger partial charge in [-0.25, -0.2) is 4.98 Å². The number of piperazine rings is 1. The zero-order chi connectivity index (χ0) is 11.8. The molecule has 3 heteroatoms. The quantitative estimate of drug-likeness (QED) is 0.736. The Bertz CT molecular complexity index is 402. The first-order chi connectivity index (χ1) is 8.25. The van der Waals surface area contributed by atoms with Crippen LogP contribution in [0.25, 0.3) is 0 Å². The second-order valence-corrected chi connectivity index (χ2v) is 5.46. The van der Waals surface area contributed by atoms with Crippen molar-refractivity contribution in [1.82, 2.24) is 9.88 Å². The summed E-state index contributed by atoms with van der Waals surface area (Å²) in [4.78, 5) is 9.70. The second-order valence-electron chi connectivity index (χ2n) is 5.46. The van der Waals surface area contributed by atoms with Crippen LogP contribution in [0.5, 0.6) is 0 Å². The van der Waals surface area contributed by atoms with Crippen LogP contribution in [-0.4, -0.2) is 41.6 Å². The van der Waals surface area contributed by atoms with Crippen LogP contribution >= 0.6 is 0 Å². The summed E-state index contributed by atoms with van der Waals surface area (Å²) in [6.07, 6.45) is 4.40. The van der Waals surface area contributed by atoms with Gasteiger partial charge in [0.2, 0.25) is 0 Å². The molecule has 3 heterocycles. The van der Waals surface area contributed by atoms with E-state index in [1.807, 2.05) is 6.20 Å². The molecule has 0 radical (unpaired) electrons. The van der Waals surface area contributed by atoms with Crippen molar-refractivity contribution < 1.29 is 0 Å². The van der Waals surface area contributed by atoms with Gasteiger partial charge in [0.25, 0.3) is 0 Å². The molecule has 92 valence electrons. The minimum absolute atomic E-state index is 0.669. The number of aryl methyl sites for hydroxylation is 1. The van der Waals surface area contributed by atoms with E-state index >= 15 is 0 Å². The molecule has 17 heavy (non-hydrogen) atoms. The highest BCUT2D eigenvalue weighted by atomic mass is 15.3. The summed E-state index contributed by atoms with van der Waals surface area (Å²) < 4.78 is 0. The first-order valence-electron chi connectivity index (χ1n) is 6.70. The van der Waals surface area contributed by atoms with E-state index in [4.69, 9.17) is 0 Å². The summed E-state index contributed by atoms with van der Waals surface area (Å²) in [6, 6.07) is 5.63. The fraction of sp³-hybridized carbons (Fsp3) is 0.643. The topological polar surface area (TPSA) is 19.4 Å². The van der Waals surface area contributed by atoms with Crippen molar-refractivity contribution in [2.45, 2.75) is 38.8 Å². The van der Waals surface area contributed by atoms with Crippen LogP contribution in [0.1, 0.15) is 25.8 Å². The Hall–Kier alpha value is -1.09. The maximum absolute atomic E-state index is 4.58. The van der Waals surface area contributed by atoms with Gasteiger partial charge in [0.1, 0.15) is 5.82 Å². The molecule has 3 nitrogen and oxygen atoms in total. The van der Waals surface area contributed by atoms with Gasteiger partial charge >= 0.3 is 0 Å². The van der Waals surface area contributed by atoms with E-state index in [2.05, 4.69) is 40.8 Å². The zero-order valence-electron chi connectivity index (χ0n) is 10.8. The zero-order valence-corrected chi connectivity index (χ0v) is 10.8. The molecule has 1 aromatic heterocycles. The predicted molar refractivity (Wildman–Crippen MR) is 70.4 cm³/mol. The molecule has 1 fully saturated rings. The van der Waals surface area contributed by atoms with Crippen molar-refractivity contribution in [3.63, 3.8) is 0 Å². The number of anilines is 1. The lowest BCUT2D eigenvalue weighted by Gasteiger charge is -2.46. The van der Waals surface area contributed by atoms with Gasteiger partial charge < -0.3 is 4.90 Å². The molecule has 0 aliphatic carbocycles. The van der Waals surface area contributed by atoms with Gasteiger partial charge in [0, 0.05) is 37.9 Å². The van der Waals surface area contributed by atoms with Gasteiger partial charge in [0.05, 0.1) is 0 Å². The molecule has 1 saturated heterocycles. The number of nitrogens with zero attached hydrogens (tertiary/aromatic N) is 3. The van der Waals surface area contributed by atoms with Crippen molar-refractivity contribution in [3.8, 4) is 0 Å². The number of hydrogen-bond acceptors (Lipinski definition) is 3. The Morgan fingerprint density at radius 3 is 3.06 bits per heavy atom. The summed E-state index contributed by atoms with van der Waals surface area (Å²) in [7, 11) is 0. The molecule has 0 unspecified atom stereocenters. The van der Waals surface area contributed by atoms with Crippen LogP contribution in [0, 0.1) is 0 Å². The van der Waals surface area contributed by atoms with Crippen LogP contribution in [0.2, 0.25) is 0 Å². The number of fused-ring (bicyclic) bond motifs is 3. The van der Waals surface area contributed by atoms with Crippen molar-refractivity contribution in [2.75, 3.05) is 24.5 Å². The SMILES string of the molecule is CC(C)N1CCN2c3ncccc3CC[C@H]2C1. The van der Waals surface area contributed by atoms with Crippen molar-refractivity contribution in [2.24, 2.45) is 0 Å². The standard InChI is InChI=1S/C14H21N3/c1-11(2)16-8-9-17-13(10-16)6-5-12-4-3-7-15-14(12)17/h3-4,7,11,13H,5-6,8-10H2,1-2H3/t13-/m0/s1. The summed E-state index contributed by atoms with van der Waals surface area (Å²) in [6.45, 7) is 8.10. The minimum atomic E-state index is 0.669. The molecule has 0 N–H and O–H groups in total. The molecule has 1 aromatic rings. The van der Waals surface area contributed by atoms with E-state index < -0.39 is 0 Å². The monoisotopic (exact) mass is 231 g/mol. The lowest BCUT2D eigenvalue weighted by atomic mass is 9.96. The normalized spacial score (nSPS) is 24.6. The van der Waals surface area contributed by atoms with Crippen LogP contribution < -0.4 is 4.90 Å². The fourth-order valence-corrected chi connectivity index (χ4v) is 3.08. The van der Waals surface area contributed by atoms with E-state index in [1.54, 1.807) is 0 Å². The van der Waals surface area contributed by atoms with Crippen LogP contribution in [-0.2, 0) is 6.42 Å². The molecule has 0 spiro atoms. The molecule has 2 aliphatic heterocycles. The number of hydrogen-bond donors (Lipinski definition) is 0. The maximum atomic E-state index is 4.58. The average Bonchev–Trinajstić information content (AvgIpc) is 2.38. The van der Waals surface area contributed by atoms with Gasteiger partial charge in [-0.15, -0.1) is 0 Å². The fourth-order valence-electron chi connectivity index (χ4n) is 3.08. The lowest BCUT2D eigenvalue weighted by molar-refractivity contribution is 0.174. The van der Waals surface area contributed by atoms with E-state index in [0.29, 0.717) is 12.1 Å². The minimum Gasteiger partial charge on any atom is -0.351 e. The lowest BCUT2D eigenvalue weighted by Crippen LogP contribution is -2.56. The first-order valence-corrected chi connectivity index (χ1v) is 6.70. The summed E-state index contributed by atoms with van der Waals surface area (Å²) in [5, 5.41) is 0. The third-order valence-electron chi connectivity index (χ3n) is 4.13. The number of aromatic nitrogens is 1. The van der Waals surface area contributed by atoms with E-state index in [1.165, 1.54) is 37.3 Å². The number of rotatable bonds is 1. The molecule has 0 aromatic carbocycles. The van der Waals surface area contributed by atoms with Crippen molar-refractivity contribution >= 4 is 5.82 Å². The third-order valence-corrected chi connectivity index (χ3v) is 4.13. The maximum Gasteiger partial charge on any atom is 0.132 e. The molecular formula is C14H21N3. The van der Waals surface area contributed by atoms with E-state index in [9.17, 15) is 0 Å². The highest BCUT2D eigenvalue weighted by molar-refractivity contribution is 5.50. The molecule has 0 amide bonds.